The number of rotatable bonds is 16. The van der Waals surface area contributed by atoms with Crippen molar-refractivity contribution in [3.8, 4) is 11.1 Å². The van der Waals surface area contributed by atoms with E-state index in [0.29, 0.717) is 0 Å². The van der Waals surface area contributed by atoms with Crippen molar-refractivity contribution in [2.45, 2.75) is 217 Å². The van der Waals surface area contributed by atoms with Crippen LogP contribution in [0, 0.1) is 0 Å². The molecule has 60 heavy (non-hydrogen) atoms. The maximum Gasteiger partial charge on any atom is 0.461 e. The minimum atomic E-state index is -0.510. The first-order valence-corrected chi connectivity index (χ1v) is 22.8. The van der Waals surface area contributed by atoms with Gasteiger partial charge in [-0.3, -0.25) is 0 Å². The van der Waals surface area contributed by atoms with Gasteiger partial charge in [0.2, 0.25) is 0 Å². The van der Waals surface area contributed by atoms with Gasteiger partial charge >= 0.3 is 28.5 Å². The molecule has 12 heteroatoms. The van der Waals surface area contributed by atoms with Crippen molar-refractivity contribution in [2.24, 2.45) is 0 Å². The molecule has 0 aromatic heterocycles. The molecular formula is C48H76B4O8. The Morgan fingerprint density at radius 1 is 0.417 bits per heavy atom. The van der Waals surface area contributed by atoms with Crippen molar-refractivity contribution < 1.29 is 37.2 Å². The van der Waals surface area contributed by atoms with Gasteiger partial charge in [-0.15, -0.1) is 6.58 Å². The number of allylic oxidation sites excluding steroid dienone is 1. The van der Waals surface area contributed by atoms with E-state index in [4.69, 9.17) is 37.2 Å². The monoisotopic (exact) mass is 825 g/mol. The van der Waals surface area contributed by atoms with Gasteiger partial charge in [-0.1, -0.05) is 79.9 Å². The molecule has 328 valence electrons. The predicted octanol–water partition coefficient (Wildman–Crippen LogP) is 11.9. The summed E-state index contributed by atoms with van der Waals surface area (Å²) >= 11 is 0. The SMILES string of the molecule is C=CC[C@@H](C[C@@H](C[C@@H](C[C@H](CCc1ccc(-c2ccccc2)cc1)B1OC(C)(C)C(C)(C)O1)B1OC(C)(C)C(C)(C)O1)B1OC(C)(C)C(C)(C)O1)B1OC(C)(C)C(C)(C)O1. The molecule has 4 atom stereocenters. The second-order valence-electron chi connectivity index (χ2n) is 22.4. The van der Waals surface area contributed by atoms with Gasteiger partial charge in [0.05, 0.1) is 44.8 Å². The molecule has 0 amide bonds. The lowest BCUT2D eigenvalue weighted by Crippen LogP contribution is -2.41. The van der Waals surface area contributed by atoms with E-state index < -0.39 is 73.3 Å². The van der Waals surface area contributed by atoms with Gasteiger partial charge in [-0.05, 0) is 170 Å². The summed E-state index contributed by atoms with van der Waals surface area (Å²) in [4.78, 5) is 0. The summed E-state index contributed by atoms with van der Waals surface area (Å²) in [6.45, 7) is 38.3. The van der Waals surface area contributed by atoms with E-state index in [1.54, 1.807) is 0 Å². The van der Waals surface area contributed by atoms with Gasteiger partial charge in [0.15, 0.2) is 0 Å². The smallest absolute Gasteiger partial charge is 0.403 e. The Labute approximate surface area is 365 Å². The Morgan fingerprint density at radius 3 is 1.08 bits per heavy atom. The zero-order valence-corrected chi connectivity index (χ0v) is 40.1. The topological polar surface area (TPSA) is 73.8 Å². The molecule has 2 aromatic carbocycles. The largest absolute Gasteiger partial charge is 0.461 e. The third kappa shape index (κ3) is 9.77. The molecule has 0 spiro atoms. The Bertz CT molecular complexity index is 1710. The summed E-state index contributed by atoms with van der Waals surface area (Å²) in [5, 5.41) is 0. The van der Waals surface area contributed by atoms with Gasteiger partial charge in [0, 0.05) is 0 Å². The number of hydrogen-bond donors (Lipinski definition) is 0. The highest BCUT2D eigenvalue weighted by atomic mass is 16.7. The van der Waals surface area contributed by atoms with Crippen LogP contribution in [0.5, 0.6) is 0 Å². The fraction of sp³-hybridized carbons (Fsp3) is 0.708. The van der Waals surface area contributed by atoms with Crippen molar-refractivity contribution >= 4 is 28.5 Å². The van der Waals surface area contributed by atoms with Gasteiger partial charge in [0.25, 0.3) is 0 Å². The molecular weight excluding hydrogens is 748 g/mol. The molecule has 0 N–H and O–H groups in total. The molecule has 0 bridgehead atoms. The molecule has 4 fully saturated rings. The van der Waals surface area contributed by atoms with Crippen LogP contribution in [-0.4, -0.2) is 73.3 Å². The van der Waals surface area contributed by atoms with E-state index in [-0.39, 0.29) is 23.3 Å². The van der Waals surface area contributed by atoms with Crippen molar-refractivity contribution in [1.29, 1.82) is 0 Å². The molecule has 8 nitrogen and oxygen atoms in total. The Morgan fingerprint density at radius 2 is 0.717 bits per heavy atom. The Hall–Kier alpha value is -1.88. The van der Waals surface area contributed by atoms with Crippen LogP contribution in [0.2, 0.25) is 23.3 Å². The summed E-state index contributed by atoms with van der Waals surface area (Å²) in [6, 6.07) is 19.5. The molecule has 2 aromatic rings. The number of benzene rings is 2. The van der Waals surface area contributed by atoms with Crippen molar-refractivity contribution in [2.75, 3.05) is 0 Å². The van der Waals surface area contributed by atoms with Crippen LogP contribution in [0.3, 0.4) is 0 Å². The van der Waals surface area contributed by atoms with E-state index in [0.717, 1.165) is 38.5 Å². The molecule has 4 aliphatic heterocycles. The summed E-state index contributed by atoms with van der Waals surface area (Å²) in [6.07, 6.45) is 6.69. The van der Waals surface area contributed by atoms with Gasteiger partial charge in [-0.2, -0.15) is 0 Å². The minimum absolute atomic E-state index is 0.0178. The maximum atomic E-state index is 6.99. The van der Waals surface area contributed by atoms with E-state index in [1.165, 1.54) is 16.7 Å². The molecule has 6 rings (SSSR count). The first-order chi connectivity index (χ1) is 27.6. The minimum Gasteiger partial charge on any atom is -0.403 e. The zero-order valence-electron chi connectivity index (χ0n) is 40.1. The summed E-state index contributed by atoms with van der Waals surface area (Å²) in [5.74, 6) is -0.0510. The van der Waals surface area contributed by atoms with Crippen LogP contribution < -0.4 is 0 Å². The molecule has 0 saturated carbocycles. The summed E-state index contributed by atoms with van der Waals surface area (Å²) in [7, 11) is -1.74. The lowest BCUT2D eigenvalue weighted by Gasteiger charge is -2.32. The molecule has 0 aliphatic carbocycles. The third-order valence-electron chi connectivity index (χ3n) is 15.8. The fourth-order valence-corrected chi connectivity index (χ4v) is 8.87. The van der Waals surface area contributed by atoms with Crippen LogP contribution in [0.4, 0.5) is 0 Å². The highest BCUT2D eigenvalue weighted by Crippen LogP contribution is 2.53. The van der Waals surface area contributed by atoms with Crippen LogP contribution in [-0.2, 0) is 43.7 Å². The van der Waals surface area contributed by atoms with Crippen LogP contribution in [0.25, 0.3) is 11.1 Å². The van der Waals surface area contributed by atoms with Crippen molar-refractivity contribution in [3.05, 3.63) is 72.8 Å². The Kier molecular flexibility index (Phi) is 13.4. The molecule has 4 saturated heterocycles. The Balaban J connectivity index is 1.35. The maximum absolute atomic E-state index is 6.99. The number of hydrogen-bond acceptors (Lipinski definition) is 8. The van der Waals surface area contributed by atoms with E-state index in [2.05, 4.69) is 172 Å². The highest BCUT2D eigenvalue weighted by molar-refractivity contribution is 6.51. The van der Waals surface area contributed by atoms with Crippen molar-refractivity contribution in [1.82, 2.24) is 0 Å². The average molecular weight is 824 g/mol. The normalized spacial score (nSPS) is 26.3. The lowest BCUT2D eigenvalue weighted by atomic mass is 9.51. The second kappa shape index (κ2) is 16.9. The van der Waals surface area contributed by atoms with Crippen LogP contribution >= 0.6 is 0 Å². The highest BCUT2D eigenvalue weighted by Gasteiger charge is 2.61. The average Bonchev–Trinajstić information content (AvgIpc) is 3.69. The third-order valence-corrected chi connectivity index (χ3v) is 15.8. The van der Waals surface area contributed by atoms with Crippen LogP contribution in [0.1, 0.15) is 148 Å². The van der Waals surface area contributed by atoms with Crippen LogP contribution in [0.15, 0.2) is 67.3 Å². The molecule has 0 radical (unpaired) electrons. The standard InChI is InChI=1S/C48H76B4O8/c1-18-22-37(49-53-41(2,3)42(4,5)54-49)31-39(51-57-45(10,11)46(12,13)58-51)33-40(52-59-47(14,15)48(16,17)60-52)32-38(50-55-43(6,7)44(8,9)56-50)30-27-34-25-28-36(29-26-34)35-23-20-19-21-24-35/h18-21,23-26,28-29,37-40H,1,22,27,30-33H2,2-17H3/t37-,38-,39-,40+/m0/s1. The lowest BCUT2D eigenvalue weighted by molar-refractivity contribution is 0.00578. The first-order valence-electron chi connectivity index (χ1n) is 22.8. The van der Waals surface area contributed by atoms with Gasteiger partial charge < -0.3 is 37.2 Å². The molecule has 4 heterocycles. The van der Waals surface area contributed by atoms with E-state index in [9.17, 15) is 0 Å². The molecule has 4 aliphatic rings. The first kappa shape index (κ1) is 47.6. The predicted molar refractivity (Wildman–Crippen MR) is 248 cm³/mol. The number of aryl methyl sites for hydroxylation is 1. The van der Waals surface area contributed by atoms with E-state index in [1.807, 2.05) is 6.08 Å². The fourth-order valence-electron chi connectivity index (χ4n) is 8.87. The van der Waals surface area contributed by atoms with Crippen molar-refractivity contribution in [3.63, 3.8) is 0 Å². The zero-order chi connectivity index (χ0) is 44.3. The summed E-state index contributed by atoms with van der Waals surface area (Å²) in [5.41, 5.74) is -0.174. The molecule has 0 unspecified atom stereocenters. The van der Waals surface area contributed by atoms with Gasteiger partial charge in [-0.25, -0.2) is 0 Å². The summed E-state index contributed by atoms with van der Waals surface area (Å²) < 4.78 is 55.1. The van der Waals surface area contributed by atoms with E-state index >= 15 is 0 Å². The quantitative estimate of drug-likeness (QED) is 0.122. The second-order valence-corrected chi connectivity index (χ2v) is 22.4. The van der Waals surface area contributed by atoms with Gasteiger partial charge in [0.1, 0.15) is 0 Å².